The summed E-state index contributed by atoms with van der Waals surface area (Å²) in [7, 11) is 1.75. The lowest BCUT2D eigenvalue weighted by Crippen LogP contribution is -2.18. The molecule has 10 nitrogen and oxygen atoms in total. The number of carbonyl (C=O) groups excluding carboxylic acids is 3. The molecule has 3 rings (SSSR count). The van der Waals surface area contributed by atoms with Crippen molar-refractivity contribution in [3.63, 3.8) is 0 Å². The molecule has 0 aliphatic rings. The summed E-state index contributed by atoms with van der Waals surface area (Å²) in [4.78, 5) is 37.3. The van der Waals surface area contributed by atoms with Gasteiger partial charge in [0.2, 0.25) is 5.91 Å². The lowest BCUT2D eigenvalue weighted by Gasteiger charge is -2.15. The lowest BCUT2D eigenvalue weighted by molar-refractivity contribution is -0.113. The number of hydrogen-bond donors (Lipinski definition) is 2. The predicted octanol–water partition coefficient (Wildman–Crippen LogP) is 5.03. The number of hydrogen-bond acceptors (Lipinski definition) is 9. The molecule has 0 saturated carbocycles. The smallest absolute Gasteiger partial charge is 0.341 e. The molecular weight excluding hydrogens is 561 g/mol. The molecule has 0 aliphatic carbocycles. The first-order valence-electron chi connectivity index (χ1n) is 11.0. The van der Waals surface area contributed by atoms with Gasteiger partial charge < -0.3 is 25.1 Å². The Kier molecular flexibility index (Phi) is 9.46. The van der Waals surface area contributed by atoms with Gasteiger partial charge in [0.1, 0.15) is 10.8 Å². The Hall–Kier alpha value is -2.80. The lowest BCUT2D eigenvalue weighted by atomic mass is 10.1. The van der Waals surface area contributed by atoms with Crippen LogP contribution in [0.1, 0.15) is 58.3 Å². The van der Waals surface area contributed by atoms with Gasteiger partial charge in [0.05, 0.1) is 27.3 Å². The largest absolute Gasteiger partial charge is 0.481 e. The Morgan fingerprint density at radius 3 is 2.57 bits per heavy atom. The summed E-state index contributed by atoms with van der Waals surface area (Å²) in [5, 5.41) is 12.6. The van der Waals surface area contributed by atoms with Gasteiger partial charge in [0.15, 0.2) is 17.1 Å². The molecule has 1 aromatic carbocycles. The van der Waals surface area contributed by atoms with Gasteiger partial charge in [-0.3, -0.25) is 9.59 Å². The van der Waals surface area contributed by atoms with Crippen molar-refractivity contribution in [2.75, 3.05) is 11.1 Å². The van der Waals surface area contributed by atoms with Gasteiger partial charge in [0.25, 0.3) is 5.91 Å². The Morgan fingerprint density at radius 1 is 1.22 bits per heavy atom. The molecule has 2 amide bonds. The van der Waals surface area contributed by atoms with Gasteiger partial charge in [-0.25, -0.2) is 4.79 Å². The maximum Gasteiger partial charge on any atom is 0.341 e. The van der Waals surface area contributed by atoms with Crippen LogP contribution in [0.5, 0.6) is 5.75 Å². The molecule has 14 heteroatoms. The van der Waals surface area contributed by atoms with Crippen LogP contribution in [-0.2, 0) is 16.6 Å². The van der Waals surface area contributed by atoms with E-state index in [1.54, 1.807) is 57.5 Å². The summed E-state index contributed by atoms with van der Waals surface area (Å²) >= 11 is 14.3. The monoisotopic (exact) mass is 585 g/mol. The van der Waals surface area contributed by atoms with Crippen LogP contribution in [0.2, 0.25) is 10.0 Å². The minimum Gasteiger partial charge on any atom is -0.481 e. The predicted molar refractivity (Wildman–Crippen MR) is 144 cm³/mol. The average Bonchev–Trinajstić information content (AvgIpc) is 3.33. The molecule has 0 radical (unpaired) electrons. The van der Waals surface area contributed by atoms with E-state index in [1.165, 1.54) is 0 Å². The number of aromatic nitrogens is 3. The van der Waals surface area contributed by atoms with Gasteiger partial charge in [-0.15, -0.1) is 21.5 Å². The van der Waals surface area contributed by atoms with Crippen molar-refractivity contribution in [1.82, 2.24) is 14.8 Å². The molecule has 0 aliphatic heterocycles. The molecule has 0 fully saturated rings. The first-order chi connectivity index (χ1) is 17.4. The zero-order valence-electron chi connectivity index (χ0n) is 20.6. The molecule has 0 spiro atoms. The van der Waals surface area contributed by atoms with E-state index in [4.69, 9.17) is 38.4 Å². The third kappa shape index (κ3) is 6.95. The first kappa shape index (κ1) is 28.8. The molecule has 198 valence electrons. The zero-order chi connectivity index (χ0) is 27.4. The van der Waals surface area contributed by atoms with Crippen molar-refractivity contribution in [2.45, 2.75) is 45.1 Å². The molecule has 0 bridgehead atoms. The van der Waals surface area contributed by atoms with Crippen molar-refractivity contribution < 1.29 is 23.9 Å². The minimum absolute atomic E-state index is 0.0388. The highest BCUT2D eigenvalue weighted by atomic mass is 35.5. The Balaban J connectivity index is 1.70. The van der Waals surface area contributed by atoms with Gasteiger partial charge in [-0.2, -0.15) is 0 Å². The van der Waals surface area contributed by atoms with Gasteiger partial charge in [-0.05, 0) is 45.4 Å². The van der Waals surface area contributed by atoms with E-state index >= 15 is 0 Å². The van der Waals surface area contributed by atoms with Crippen molar-refractivity contribution in [2.24, 2.45) is 12.8 Å². The van der Waals surface area contributed by atoms with E-state index in [9.17, 15) is 14.4 Å². The number of thioether (sulfide) groups is 1. The molecule has 3 aromatic rings. The fourth-order valence-electron chi connectivity index (χ4n) is 3.26. The highest BCUT2D eigenvalue weighted by molar-refractivity contribution is 7.99. The minimum atomic E-state index is -0.696. The normalized spacial score (nSPS) is 11.9. The van der Waals surface area contributed by atoms with Crippen LogP contribution in [-0.4, -0.2) is 44.4 Å². The number of carbonyl (C=O) groups is 3. The second-order valence-corrected chi connectivity index (χ2v) is 11.0. The van der Waals surface area contributed by atoms with E-state index in [-0.39, 0.29) is 27.3 Å². The quantitative estimate of drug-likeness (QED) is 0.249. The fraction of sp³-hybridized carbons (Fsp3) is 0.348. The highest BCUT2D eigenvalue weighted by Crippen LogP contribution is 2.34. The second-order valence-electron chi connectivity index (χ2n) is 8.15. The Labute approximate surface area is 231 Å². The summed E-state index contributed by atoms with van der Waals surface area (Å²) in [6.07, 6.45) is -0.887. The van der Waals surface area contributed by atoms with Crippen LogP contribution in [0.15, 0.2) is 23.4 Å². The number of esters is 1. The number of nitrogens with two attached hydrogens (primary N) is 1. The number of amides is 2. The number of ether oxygens (including phenoxy) is 2. The number of nitrogens with one attached hydrogen (secondary N) is 1. The van der Waals surface area contributed by atoms with E-state index in [0.717, 1.165) is 23.1 Å². The number of thiophene rings is 1. The van der Waals surface area contributed by atoms with E-state index in [2.05, 4.69) is 15.5 Å². The summed E-state index contributed by atoms with van der Waals surface area (Å²) in [5.41, 5.74) is 5.90. The molecule has 1 atom stereocenters. The summed E-state index contributed by atoms with van der Waals surface area (Å²) in [6.45, 7) is 6.77. The number of halogens is 2. The fourth-order valence-corrected chi connectivity index (χ4v) is 5.37. The number of rotatable bonds is 10. The number of nitrogens with zero attached hydrogens (tertiary/aromatic N) is 3. The van der Waals surface area contributed by atoms with Crippen molar-refractivity contribution in [1.29, 1.82) is 0 Å². The van der Waals surface area contributed by atoms with Crippen LogP contribution in [0, 0.1) is 6.92 Å². The average molecular weight is 587 g/mol. The van der Waals surface area contributed by atoms with Gasteiger partial charge >= 0.3 is 5.97 Å². The molecule has 1 unspecified atom stereocenters. The maximum atomic E-state index is 12.7. The van der Waals surface area contributed by atoms with Crippen LogP contribution >= 0.6 is 46.3 Å². The van der Waals surface area contributed by atoms with Crippen molar-refractivity contribution in [3.05, 3.63) is 50.1 Å². The Bertz CT molecular complexity index is 1340. The third-order valence-electron chi connectivity index (χ3n) is 4.93. The van der Waals surface area contributed by atoms with E-state index in [0.29, 0.717) is 32.3 Å². The molecule has 37 heavy (non-hydrogen) atoms. The molecule has 2 heterocycles. The number of anilines is 1. The zero-order valence-corrected chi connectivity index (χ0v) is 23.8. The van der Waals surface area contributed by atoms with Crippen molar-refractivity contribution in [3.8, 4) is 5.75 Å². The first-order valence-corrected chi connectivity index (χ1v) is 13.5. The molecule has 2 aromatic heterocycles. The summed E-state index contributed by atoms with van der Waals surface area (Å²) < 4.78 is 12.9. The second kappa shape index (κ2) is 12.2. The molecular formula is C23H25Cl2N5O5S2. The van der Waals surface area contributed by atoms with Crippen LogP contribution < -0.4 is 15.8 Å². The third-order valence-corrected chi connectivity index (χ3v) is 7.72. The molecule has 0 saturated heterocycles. The van der Waals surface area contributed by atoms with Crippen LogP contribution in [0.3, 0.4) is 0 Å². The highest BCUT2D eigenvalue weighted by Gasteiger charge is 2.27. The molecule has 3 N–H and O–H groups in total. The SMILES string of the molecule is Cc1c(C(N)=O)sc(NC(=O)CSc2nnc(C(C)Oc3cc(Cl)ccc3Cl)n2C)c1C(=O)OC(C)C. The maximum absolute atomic E-state index is 12.7. The standard InChI is InChI=1S/C23H25Cl2N5O5S2/c1-10(2)34-22(33)17-11(3)18(19(26)32)37-21(17)27-16(31)9-36-23-29-28-20(30(23)5)12(4)35-15-8-13(24)6-7-14(15)25/h6-8,10,12H,9H2,1-5H3,(H2,26,32)(H,27,31). The Morgan fingerprint density at radius 2 is 1.92 bits per heavy atom. The van der Waals surface area contributed by atoms with Crippen LogP contribution in [0.4, 0.5) is 5.00 Å². The number of benzene rings is 1. The van der Waals surface area contributed by atoms with Gasteiger partial charge in [-0.1, -0.05) is 35.0 Å². The summed E-state index contributed by atoms with van der Waals surface area (Å²) in [6, 6.07) is 4.90. The van der Waals surface area contributed by atoms with E-state index in [1.807, 2.05) is 0 Å². The van der Waals surface area contributed by atoms with Crippen LogP contribution in [0.25, 0.3) is 0 Å². The van der Waals surface area contributed by atoms with Crippen molar-refractivity contribution >= 4 is 69.1 Å². The van der Waals surface area contributed by atoms with E-state index < -0.39 is 23.9 Å². The topological polar surface area (TPSA) is 138 Å². The van der Waals surface area contributed by atoms with Gasteiger partial charge in [0, 0.05) is 18.1 Å². The summed E-state index contributed by atoms with van der Waals surface area (Å²) in [5.74, 6) is -0.878. The number of primary amides is 1.